The summed E-state index contributed by atoms with van der Waals surface area (Å²) in [5, 5.41) is 13.2. The summed E-state index contributed by atoms with van der Waals surface area (Å²) in [7, 11) is -3.86. The van der Waals surface area contributed by atoms with Gasteiger partial charge in [0, 0.05) is 24.0 Å². The van der Waals surface area contributed by atoms with Crippen LogP contribution in [0.4, 0.5) is 22.1 Å². The third kappa shape index (κ3) is 5.35. The number of carbonyl (C=O) groups is 1. The molecule has 0 spiro atoms. The van der Waals surface area contributed by atoms with E-state index in [0.717, 1.165) is 0 Å². The molecule has 1 aromatic carbocycles. The Morgan fingerprint density at radius 2 is 1.74 bits per heavy atom. The number of para-hydroxylation sites is 1. The molecular formula is C22H22N8O3S. The molecule has 0 aliphatic heterocycles. The Bertz CT molecular complexity index is 1400. The van der Waals surface area contributed by atoms with Gasteiger partial charge in [0.2, 0.25) is 0 Å². The Balaban J connectivity index is 1.46. The van der Waals surface area contributed by atoms with Crippen LogP contribution in [0.25, 0.3) is 11.5 Å². The molecule has 174 valence electrons. The van der Waals surface area contributed by atoms with Gasteiger partial charge in [-0.2, -0.15) is 0 Å². The van der Waals surface area contributed by atoms with Crippen LogP contribution in [0, 0.1) is 0 Å². The van der Waals surface area contributed by atoms with Crippen LogP contribution < -0.4 is 15.4 Å². The van der Waals surface area contributed by atoms with Crippen molar-refractivity contribution in [3.63, 3.8) is 0 Å². The third-order valence-electron chi connectivity index (χ3n) is 4.66. The molecule has 3 N–H and O–H groups in total. The number of anilines is 3. The lowest BCUT2D eigenvalue weighted by molar-refractivity contribution is 0.262. The van der Waals surface area contributed by atoms with Gasteiger partial charge in [0.15, 0.2) is 5.82 Å². The number of nitrogens with one attached hydrogen (secondary N) is 3. The molecule has 12 heteroatoms. The van der Waals surface area contributed by atoms with Gasteiger partial charge < -0.3 is 4.57 Å². The van der Waals surface area contributed by atoms with Gasteiger partial charge >= 0.3 is 6.03 Å². The Morgan fingerprint density at radius 1 is 0.971 bits per heavy atom. The zero-order valence-corrected chi connectivity index (χ0v) is 19.2. The number of amides is 2. The monoisotopic (exact) mass is 478 g/mol. The zero-order chi connectivity index (χ0) is 24.1. The van der Waals surface area contributed by atoms with E-state index in [1.807, 2.05) is 18.4 Å². The number of carbonyl (C=O) groups excluding carboxylic acids is 1. The highest BCUT2D eigenvalue weighted by Crippen LogP contribution is 2.20. The number of hydrogen-bond acceptors (Lipinski definition) is 7. The fourth-order valence-corrected chi connectivity index (χ4v) is 4.13. The van der Waals surface area contributed by atoms with Crippen molar-refractivity contribution in [2.24, 2.45) is 0 Å². The highest BCUT2D eigenvalue weighted by molar-refractivity contribution is 7.92. The molecule has 34 heavy (non-hydrogen) atoms. The van der Waals surface area contributed by atoms with Gasteiger partial charge in [-0.1, -0.05) is 24.3 Å². The van der Waals surface area contributed by atoms with Gasteiger partial charge in [0.05, 0.1) is 4.90 Å². The zero-order valence-electron chi connectivity index (χ0n) is 18.4. The molecule has 11 nitrogen and oxygen atoms in total. The first-order valence-corrected chi connectivity index (χ1v) is 11.8. The number of aromatic nitrogens is 5. The third-order valence-corrected chi connectivity index (χ3v) is 6.04. The molecule has 0 aliphatic carbocycles. The number of urea groups is 1. The van der Waals surface area contributed by atoms with Crippen molar-refractivity contribution in [3.05, 3.63) is 73.2 Å². The largest absolute Gasteiger partial charge is 0.326 e. The first kappa shape index (κ1) is 22.9. The molecule has 3 aromatic heterocycles. The minimum Gasteiger partial charge on any atom is -0.310 e. The van der Waals surface area contributed by atoms with E-state index in [-0.39, 0.29) is 22.6 Å². The van der Waals surface area contributed by atoms with Gasteiger partial charge in [0.1, 0.15) is 23.7 Å². The van der Waals surface area contributed by atoms with E-state index in [0.29, 0.717) is 17.2 Å². The molecule has 3 heterocycles. The van der Waals surface area contributed by atoms with Crippen LogP contribution in [0.15, 0.2) is 78.1 Å². The summed E-state index contributed by atoms with van der Waals surface area (Å²) >= 11 is 0. The second kappa shape index (κ2) is 9.67. The molecule has 0 atom stereocenters. The van der Waals surface area contributed by atoms with E-state index in [2.05, 4.69) is 35.5 Å². The first-order chi connectivity index (χ1) is 16.3. The maximum Gasteiger partial charge on any atom is 0.326 e. The Kier molecular flexibility index (Phi) is 6.50. The summed E-state index contributed by atoms with van der Waals surface area (Å²) < 4.78 is 29.7. The topological polar surface area (TPSA) is 144 Å². The Labute approximate surface area is 196 Å². The molecule has 0 aliphatic rings. The smallest absolute Gasteiger partial charge is 0.310 e. The van der Waals surface area contributed by atoms with E-state index in [1.165, 1.54) is 18.3 Å². The lowest BCUT2D eigenvalue weighted by Crippen LogP contribution is -2.21. The summed E-state index contributed by atoms with van der Waals surface area (Å²) in [6, 6.07) is 15.7. The predicted octanol–water partition coefficient (Wildman–Crippen LogP) is 3.76. The quantitative estimate of drug-likeness (QED) is 0.367. The molecule has 4 aromatic rings. The second-order valence-electron chi connectivity index (χ2n) is 7.49. The number of sulfonamides is 1. The fourth-order valence-electron chi connectivity index (χ4n) is 3.06. The maximum atomic E-state index is 12.7. The van der Waals surface area contributed by atoms with Gasteiger partial charge in [-0.15, -0.1) is 10.2 Å². The summed E-state index contributed by atoms with van der Waals surface area (Å²) in [4.78, 5) is 20.9. The highest BCUT2D eigenvalue weighted by atomic mass is 32.2. The summed E-state index contributed by atoms with van der Waals surface area (Å²) in [5.41, 5.74) is 0.966. The van der Waals surface area contributed by atoms with Crippen molar-refractivity contribution in [1.29, 1.82) is 0 Å². The lowest BCUT2D eigenvalue weighted by Gasteiger charge is -2.11. The number of benzene rings is 1. The van der Waals surface area contributed by atoms with Crippen molar-refractivity contribution >= 4 is 33.4 Å². The SMILES string of the molecule is CC(C)n1cnnc1-c1cccc(NC(=O)Nc2cc(S(=O)(=O)Nc3ccccc3)ccn2)n1. The molecular weight excluding hydrogens is 456 g/mol. The van der Waals surface area contributed by atoms with Crippen molar-refractivity contribution in [2.75, 3.05) is 15.4 Å². The van der Waals surface area contributed by atoms with Crippen LogP contribution in [-0.2, 0) is 10.0 Å². The molecule has 2 amide bonds. The molecule has 0 radical (unpaired) electrons. The standard InChI is InChI=1S/C22H22N8O3S/c1-15(2)30-14-24-28-21(30)18-9-6-10-19(25-18)26-22(31)27-20-13-17(11-12-23-20)34(32,33)29-16-7-4-3-5-8-16/h3-15,29H,1-2H3,(H2,23,25,26,27,31). The fraction of sp³-hybridized carbons (Fsp3) is 0.136. The number of rotatable bonds is 7. The number of nitrogens with zero attached hydrogens (tertiary/aromatic N) is 5. The predicted molar refractivity (Wildman–Crippen MR) is 128 cm³/mol. The van der Waals surface area contributed by atoms with Gasteiger partial charge in [-0.3, -0.25) is 15.4 Å². The number of pyridine rings is 2. The van der Waals surface area contributed by atoms with E-state index in [4.69, 9.17) is 0 Å². The van der Waals surface area contributed by atoms with Crippen LogP contribution >= 0.6 is 0 Å². The minimum atomic E-state index is -3.86. The van der Waals surface area contributed by atoms with E-state index in [1.54, 1.807) is 54.9 Å². The molecule has 0 bridgehead atoms. The summed E-state index contributed by atoms with van der Waals surface area (Å²) in [5.74, 6) is 0.913. The lowest BCUT2D eigenvalue weighted by atomic mass is 10.3. The number of hydrogen-bond donors (Lipinski definition) is 3. The molecule has 0 saturated carbocycles. The van der Waals surface area contributed by atoms with Gasteiger partial charge in [-0.05, 0) is 44.2 Å². The van der Waals surface area contributed by atoms with Crippen molar-refractivity contribution in [1.82, 2.24) is 24.7 Å². The molecule has 4 rings (SSSR count). The van der Waals surface area contributed by atoms with Crippen LogP contribution in [-0.4, -0.2) is 39.2 Å². The second-order valence-corrected chi connectivity index (χ2v) is 9.17. The van der Waals surface area contributed by atoms with Gasteiger partial charge in [-0.25, -0.2) is 23.2 Å². The van der Waals surface area contributed by atoms with Crippen molar-refractivity contribution in [3.8, 4) is 11.5 Å². The van der Waals surface area contributed by atoms with E-state index in [9.17, 15) is 13.2 Å². The van der Waals surface area contributed by atoms with E-state index >= 15 is 0 Å². The van der Waals surface area contributed by atoms with Crippen LogP contribution in [0.1, 0.15) is 19.9 Å². The van der Waals surface area contributed by atoms with Gasteiger partial charge in [0.25, 0.3) is 10.0 Å². The molecule has 0 unspecified atom stereocenters. The first-order valence-electron chi connectivity index (χ1n) is 10.3. The van der Waals surface area contributed by atoms with Crippen LogP contribution in [0.2, 0.25) is 0 Å². The van der Waals surface area contributed by atoms with Crippen LogP contribution in [0.5, 0.6) is 0 Å². The molecule has 0 fully saturated rings. The highest BCUT2D eigenvalue weighted by Gasteiger charge is 2.16. The minimum absolute atomic E-state index is 0.0465. The molecule has 0 saturated heterocycles. The Morgan fingerprint density at radius 3 is 2.50 bits per heavy atom. The normalized spacial score (nSPS) is 11.3. The van der Waals surface area contributed by atoms with Crippen LogP contribution in [0.3, 0.4) is 0 Å². The average Bonchev–Trinajstić information content (AvgIpc) is 3.30. The van der Waals surface area contributed by atoms with Crippen molar-refractivity contribution in [2.45, 2.75) is 24.8 Å². The summed E-state index contributed by atoms with van der Waals surface area (Å²) in [6.07, 6.45) is 2.92. The Hall–Kier alpha value is -4.32. The van der Waals surface area contributed by atoms with Crippen molar-refractivity contribution < 1.29 is 13.2 Å². The van der Waals surface area contributed by atoms with E-state index < -0.39 is 16.1 Å². The average molecular weight is 479 g/mol. The maximum absolute atomic E-state index is 12.7. The summed E-state index contributed by atoms with van der Waals surface area (Å²) in [6.45, 7) is 4.00.